The van der Waals surface area contributed by atoms with Crippen LogP contribution in [-0.4, -0.2) is 13.0 Å². The van der Waals surface area contributed by atoms with Crippen LogP contribution >= 0.6 is 27.7 Å². The monoisotopic (exact) mass is 465 g/mol. The zero-order valence-corrected chi connectivity index (χ0v) is 18.5. The minimum atomic E-state index is -0.113. The molecule has 3 aromatic rings. The molecule has 0 bridgehead atoms. The van der Waals surface area contributed by atoms with Crippen LogP contribution in [0.25, 0.3) is 6.08 Å². The van der Waals surface area contributed by atoms with Crippen LogP contribution in [0.4, 0.5) is 5.69 Å². The van der Waals surface area contributed by atoms with Crippen LogP contribution < -0.4 is 9.64 Å². The number of ether oxygens (including phenoxy) is 1. The quantitative estimate of drug-likeness (QED) is 0.407. The van der Waals surface area contributed by atoms with E-state index in [1.807, 2.05) is 59.5 Å². The maximum Gasteiger partial charge on any atom is 0.266 e. The second-order valence-electron chi connectivity index (χ2n) is 6.81. The maximum absolute atomic E-state index is 13.4. The molecule has 29 heavy (non-hydrogen) atoms. The summed E-state index contributed by atoms with van der Waals surface area (Å²) in [7, 11) is 1.64. The first-order valence-electron chi connectivity index (χ1n) is 9.23. The molecule has 3 nitrogen and oxygen atoms in total. The molecule has 1 fully saturated rings. The highest BCUT2D eigenvalue weighted by molar-refractivity contribution is 9.10. The lowest BCUT2D eigenvalue weighted by molar-refractivity contribution is -0.114. The van der Waals surface area contributed by atoms with Crippen molar-refractivity contribution in [2.24, 2.45) is 0 Å². The second kappa shape index (κ2) is 8.47. The molecule has 1 aliphatic heterocycles. The largest absolute Gasteiger partial charge is 0.497 e. The first-order valence-corrected chi connectivity index (χ1v) is 10.9. The van der Waals surface area contributed by atoms with Gasteiger partial charge in [-0.15, -0.1) is 0 Å². The molecular weight excluding hydrogens is 446 g/mol. The summed E-state index contributed by atoms with van der Waals surface area (Å²) in [6, 6.07) is 24.0. The molecule has 0 aromatic heterocycles. The minimum Gasteiger partial charge on any atom is -0.497 e. The Bertz CT molecular complexity index is 1040. The van der Waals surface area contributed by atoms with Gasteiger partial charge in [-0.3, -0.25) is 9.69 Å². The van der Waals surface area contributed by atoms with E-state index in [1.54, 1.807) is 18.9 Å². The molecule has 1 amide bonds. The van der Waals surface area contributed by atoms with Crippen molar-refractivity contribution in [2.75, 3.05) is 12.0 Å². The Morgan fingerprint density at radius 3 is 2.24 bits per heavy atom. The number of carbonyl (C=O) groups is 1. The van der Waals surface area contributed by atoms with Gasteiger partial charge in [0.2, 0.25) is 0 Å². The smallest absolute Gasteiger partial charge is 0.266 e. The molecule has 0 aliphatic carbocycles. The standard InChI is InChI=1S/C24H20BrNO2S/c1-16-3-7-18(8-4-16)24-26(20-11-13-21(28-2)14-12-20)23(27)22(29-24)15-17-5-9-19(25)10-6-17/h3-15,24H,1-2H3. The van der Waals surface area contributed by atoms with E-state index in [2.05, 4.69) is 47.1 Å². The molecule has 1 unspecified atom stereocenters. The van der Waals surface area contributed by atoms with Gasteiger partial charge in [-0.2, -0.15) is 0 Å². The molecule has 0 N–H and O–H groups in total. The number of hydrogen-bond donors (Lipinski definition) is 0. The zero-order valence-electron chi connectivity index (χ0n) is 16.1. The number of rotatable bonds is 4. The first-order chi connectivity index (χ1) is 14.0. The summed E-state index contributed by atoms with van der Waals surface area (Å²) in [5.41, 5.74) is 4.16. The summed E-state index contributed by atoms with van der Waals surface area (Å²) < 4.78 is 6.29. The molecule has 5 heteroatoms. The molecule has 146 valence electrons. The number of carbonyl (C=O) groups excluding carboxylic acids is 1. The number of halogens is 1. The third-order valence-corrected chi connectivity index (χ3v) is 6.56. The van der Waals surface area contributed by atoms with Crippen molar-refractivity contribution < 1.29 is 9.53 Å². The third kappa shape index (κ3) is 4.26. The Morgan fingerprint density at radius 1 is 0.966 bits per heavy atom. The van der Waals surface area contributed by atoms with Gasteiger partial charge in [-0.05, 0) is 60.5 Å². The van der Waals surface area contributed by atoms with E-state index in [-0.39, 0.29) is 11.3 Å². The SMILES string of the molecule is COc1ccc(N2C(=O)C(=Cc3ccc(Br)cc3)SC2c2ccc(C)cc2)cc1. The Morgan fingerprint density at radius 2 is 1.62 bits per heavy atom. The lowest BCUT2D eigenvalue weighted by Gasteiger charge is -2.24. The van der Waals surface area contributed by atoms with Gasteiger partial charge in [0, 0.05) is 10.2 Å². The van der Waals surface area contributed by atoms with Crippen molar-refractivity contribution in [3.8, 4) is 5.75 Å². The highest BCUT2D eigenvalue weighted by Crippen LogP contribution is 2.48. The van der Waals surface area contributed by atoms with Crippen LogP contribution in [0.15, 0.2) is 82.2 Å². The number of aryl methyl sites for hydroxylation is 1. The highest BCUT2D eigenvalue weighted by atomic mass is 79.9. The topological polar surface area (TPSA) is 29.5 Å². The van der Waals surface area contributed by atoms with E-state index in [0.29, 0.717) is 0 Å². The van der Waals surface area contributed by atoms with Gasteiger partial charge in [0.15, 0.2) is 0 Å². The molecule has 3 aromatic carbocycles. The van der Waals surface area contributed by atoms with Crippen molar-refractivity contribution in [2.45, 2.75) is 12.3 Å². The van der Waals surface area contributed by atoms with Gasteiger partial charge in [0.25, 0.3) is 5.91 Å². The van der Waals surface area contributed by atoms with Crippen LogP contribution in [0.2, 0.25) is 0 Å². The number of amides is 1. The zero-order chi connectivity index (χ0) is 20.4. The van der Waals surface area contributed by atoms with Crippen LogP contribution in [0.1, 0.15) is 22.1 Å². The van der Waals surface area contributed by atoms with Crippen LogP contribution in [0.5, 0.6) is 5.75 Å². The van der Waals surface area contributed by atoms with Gasteiger partial charge in [0.05, 0.1) is 12.0 Å². The van der Waals surface area contributed by atoms with Crippen molar-refractivity contribution in [3.05, 3.63) is 98.9 Å². The van der Waals surface area contributed by atoms with Gasteiger partial charge in [-0.1, -0.05) is 69.7 Å². The Hall–Kier alpha value is -2.50. The van der Waals surface area contributed by atoms with E-state index in [1.165, 1.54) is 5.56 Å². The van der Waals surface area contributed by atoms with Crippen LogP contribution in [-0.2, 0) is 4.79 Å². The second-order valence-corrected chi connectivity index (χ2v) is 8.85. The number of nitrogens with zero attached hydrogens (tertiary/aromatic N) is 1. The van der Waals surface area contributed by atoms with E-state index in [9.17, 15) is 4.79 Å². The Labute approximate surface area is 183 Å². The summed E-state index contributed by atoms with van der Waals surface area (Å²) in [5.74, 6) is 0.777. The molecule has 0 saturated carbocycles. The van der Waals surface area contributed by atoms with Crippen LogP contribution in [0.3, 0.4) is 0 Å². The van der Waals surface area contributed by atoms with Crippen LogP contribution in [0, 0.1) is 6.92 Å². The third-order valence-electron chi connectivity index (χ3n) is 4.78. The van der Waals surface area contributed by atoms with E-state index >= 15 is 0 Å². The summed E-state index contributed by atoms with van der Waals surface area (Å²) in [5, 5.41) is -0.113. The van der Waals surface area contributed by atoms with E-state index < -0.39 is 0 Å². The number of benzene rings is 3. The van der Waals surface area contributed by atoms with Crippen molar-refractivity contribution in [1.29, 1.82) is 0 Å². The highest BCUT2D eigenvalue weighted by Gasteiger charge is 2.38. The number of methoxy groups -OCH3 is 1. The Kier molecular flexibility index (Phi) is 5.79. The number of hydrogen-bond acceptors (Lipinski definition) is 3. The first kappa shape index (κ1) is 19.8. The predicted molar refractivity (Wildman–Crippen MR) is 124 cm³/mol. The lowest BCUT2D eigenvalue weighted by atomic mass is 10.1. The molecule has 0 radical (unpaired) electrons. The summed E-state index contributed by atoms with van der Waals surface area (Å²) in [6.45, 7) is 2.07. The van der Waals surface area contributed by atoms with Crippen molar-refractivity contribution >= 4 is 45.4 Å². The Balaban J connectivity index is 1.74. The van der Waals surface area contributed by atoms with Gasteiger partial charge in [-0.25, -0.2) is 0 Å². The molecular formula is C24H20BrNO2S. The van der Waals surface area contributed by atoms with E-state index in [0.717, 1.165) is 31.9 Å². The lowest BCUT2D eigenvalue weighted by Crippen LogP contribution is -2.27. The van der Waals surface area contributed by atoms with Gasteiger partial charge < -0.3 is 4.74 Å². The molecule has 1 atom stereocenters. The summed E-state index contributed by atoms with van der Waals surface area (Å²) in [4.78, 5) is 16.0. The van der Waals surface area contributed by atoms with Gasteiger partial charge >= 0.3 is 0 Å². The minimum absolute atomic E-state index is 0.00802. The fraction of sp³-hybridized carbons (Fsp3) is 0.125. The fourth-order valence-electron chi connectivity index (χ4n) is 3.20. The van der Waals surface area contributed by atoms with Crippen molar-refractivity contribution in [3.63, 3.8) is 0 Å². The molecule has 4 rings (SSSR count). The maximum atomic E-state index is 13.4. The molecule has 1 heterocycles. The fourth-order valence-corrected chi connectivity index (χ4v) is 4.72. The number of thioether (sulfide) groups is 1. The van der Waals surface area contributed by atoms with E-state index in [4.69, 9.17) is 4.74 Å². The normalized spacial score (nSPS) is 17.8. The average Bonchev–Trinajstić information content (AvgIpc) is 3.06. The molecule has 1 saturated heterocycles. The summed E-state index contributed by atoms with van der Waals surface area (Å²) >= 11 is 5.04. The predicted octanol–water partition coefficient (Wildman–Crippen LogP) is 6.59. The average molecular weight is 466 g/mol. The number of anilines is 1. The van der Waals surface area contributed by atoms with Crippen molar-refractivity contribution in [1.82, 2.24) is 0 Å². The molecule has 0 spiro atoms. The van der Waals surface area contributed by atoms with Gasteiger partial charge in [0.1, 0.15) is 11.1 Å². The summed E-state index contributed by atoms with van der Waals surface area (Å²) in [6.07, 6.45) is 1.96. The molecule has 1 aliphatic rings.